The molecule has 0 aromatic heterocycles. The van der Waals surface area contributed by atoms with Crippen molar-refractivity contribution in [2.75, 3.05) is 7.11 Å². The number of hydrogen-bond donors (Lipinski definition) is 0. The van der Waals surface area contributed by atoms with Crippen molar-refractivity contribution in [3.8, 4) is 0 Å². The van der Waals surface area contributed by atoms with Crippen molar-refractivity contribution in [2.24, 2.45) is 0 Å². The van der Waals surface area contributed by atoms with E-state index in [4.69, 9.17) is 0 Å². The number of methoxy groups -OCH3 is 1. The van der Waals surface area contributed by atoms with Crippen molar-refractivity contribution in [1.29, 1.82) is 0 Å². The number of hydrogen-bond acceptors (Lipinski definition) is 3. The van der Waals surface area contributed by atoms with Crippen molar-refractivity contribution >= 4 is 16.8 Å². The lowest BCUT2D eigenvalue weighted by Gasteiger charge is -2.04. The highest BCUT2D eigenvalue weighted by atomic mass is 32.2. The SMILES string of the molecule is COC(=O)c1ccc(CS(=O)c2cccc(F)c2)cc1. The van der Waals surface area contributed by atoms with E-state index in [1.165, 1.54) is 25.3 Å². The Morgan fingerprint density at radius 2 is 1.90 bits per heavy atom. The molecule has 0 spiro atoms. The van der Waals surface area contributed by atoms with Crippen LogP contribution in [0.3, 0.4) is 0 Å². The summed E-state index contributed by atoms with van der Waals surface area (Å²) in [5.41, 5.74) is 1.24. The Bertz CT molecular complexity index is 638. The molecule has 0 N–H and O–H groups in total. The summed E-state index contributed by atoms with van der Waals surface area (Å²) in [5, 5.41) is 0. The van der Waals surface area contributed by atoms with Crippen molar-refractivity contribution in [3.63, 3.8) is 0 Å². The van der Waals surface area contributed by atoms with Gasteiger partial charge in [0, 0.05) is 4.90 Å². The molecule has 1 unspecified atom stereocenters. The third-order valence-electron chi connectivity index (χ3n) is 2.73. The number of ether oxygens (including phenoxy) is 1. The second-order valence-corrected chi connectivity index (χ2v) is 5.59. The molecule has 104 valence electrons. The molecule has 1 atom stereocenters. The highest BCUT2D eigenvalue weighted by Gasteiger charge is 2.08. The average Bonchev–Trinajstić information content (AvgIpc) is 2.47. The lowest BCUT2D eigenvalue weighted by Crippen LogP contribution is -2.02. The van der Waals surface area contributed by atoms with Crippen LogP contribution in [-0.4, -0.2) is 17.3 Å². The minimum Gasteiger partial charge on any atom is -0.465 e. The summed E-state index contributed by atoms with van der Waals surface area (Å²) in [6.07, 6.45) is 0. The Balaban J connectivity index is 2.10. The summed E-state index contributed by atoms with van der Waals surface area (Å²) in [6.45, 7) is 0. The fourth-order valence-electron chi connectivity index (χ4n) is 1.70. The number of carbonyl (C=O) groups excluding carboxylic acids is 1. The lowest BCUT2D eigenvalue weighted by atomic mass is 10.1. The van der Waals surface area contributed by atoms with Gasteiger partial charge in [-0.05, 0) is 35.9 Å². The molecule has 0 saturated heterocycles. The van der Waals surface area contributed by atoms with E-state index in [9.17, 15) is 13.4 Å². The van der Waals surface area contributed by atoms with Crippen LogP contribution < -0.4 is 0 Å². The van der Waals surface area contributed by atoms with Crippen LogP contribution in [-0.2, 0) is 21.3 Å². The Kier molecular flexibility index (Phi) is 4.63. The highest BCUT2D eigenvalue weighted by molar-refractivity contribution is 7.84. The summed E-state index contributed by atoms with van der Waals surface area (Å²) >= 11 is 0. The molecule has 0 aliphatic heterocycles. The first kappa shape index (κ1) is 14.4. The van der Waals surface area contributed by atoms with Crippen LogP contribution in [0, 0.1) is 5.82 Å². The predicted octanol–water partition coefficient (Wildman–Crippen LogP) is 2.92. The lowest BCUT2D eigenvalue weighted by molar-refractivity contribution is 0.0600. The van der Waals surface area contributed by atoms with Crippen LogP contribution in [0.5, 0.6) is 0 Å². The highest BCUT2D eigenvalue weighted by Crippen LogP contribution is 2.14. The average molecular weight is 292 g/mol. The monoisotopic (exact) mass is 292 g/mol. The van der Waals surface area contributed by atoms with Crippen molar-refractivity contribution in [3.05, 3.63) is 65.5 Å². The maximum absolute atomic E-state index is 13.1. The van der Waals surface area contributed by atoms with Gasteiger partial charge in [-0.1, -0.05) is 18.2 Å². The molecule has 0 saturated carbocycles. The molecule has 2 rings (SSSR count). The first-order valence-electron chi connectivity index (χ1n) is 5.91. The van der Waals surface area contributed by atoms with Gasteiger partial charge < -0.3 is 4.74 Å². The van der Waals surface area contributed by atoms with Gasteiger partial charge in [-0.3, -0.25) is 4.21 Å². The fraction of sp³-hybridized carbons (Fsp3) is 0.133. The first-order chi connectivity index (χ1) is 9.60. The molecule has 0 bridgehead atoms. The zero-order valence-electron chi connectivity index (χ0n) is 10.8. The number of halogens is 1. The topological polar surface area (TPSA) is 43.4 Å². The number of carbonyl (C=O) groups is 1. The molecule has 20 heavy (non-hydrogen) atoms. The van der Waals surface area contributed by atoms with Crippen molar-refractivity contribution < 1.29 is 18.1 Å². The van der Waals surface area contributed by atoms with Crippen LogP contribution in [0.4, 0.5) is 4.39 Å². The van der Waals surface area contributed by atoms with E-state index >= 15 is 0 Å². The van der Waals surface area contributed by atoms with Gasteiger partial charge in [-0.2, -0.15) is 0 Å². The van der Waals surface area contributed by atoms with Gasteiger partial charge in [-0.15, -0.1) is 0 Å². The summed E-state index contributed by atoms with van der Waals surface area (Å²) in [7, 11) is -0.00521. The Labute approximate surface area is 118 Å². The first-order valence-corrected chi connectivity index (χ1v) is 7.23. The molecule has 2 aromatic rings. The van der Waals surface area contributed by atoms with Gasteiger partial charge in [-0.25, -0.2) is 9.18 Å². The summed E-state index contributed by atoms with van der Waals surface area (Å²) in [5.74, 6) is -0.551. The van der Waals surface area contributed by atoms with E-state index in [2.05, 4.69) is 4.74 Å². The quantitative estimate of drug-likeness (QED) is 0.814. The molecule has 0 aliphatic carbocycles. The Morgan fingerprint density at radius 1 is 1.20 bits per heavy atom. The molecule has 0 fully saturated rings. The smallest absolute Gasteiger partial charge is 0.337 e. The fourth-order valence-corrected chi connectivity index (χ4v) is 2.83. The normalized spacial score (nSPS) is 11.9. The third-order valence-corrected chi connectivity index (χ3v) is 4.11. The molecule has 0 radical (unpaired) electrons. The van der Waals surface area contributed by atoms with Gasteiger partial charge in [0.15, 0.2) is 0 Å². The molecular weight excluding hydrogens is 279 g/mol. The van der Waals surface area contributed by atoms with Gasteiger partial charge in [0.1, 0.15) is 5.82 Å². The minimum absolute atomic E-state index is 0.269. The summed E-state index contributed by atoms with van der Waals surface area (Å²) < 4.78 is 29.8. The van der Waals surface area contributed by atoms with Crippen LogP contribution in [0.1, 0.15) is 15.9 Å². The molecule has 0 amide bonds. The van der Waals surface area contributed by atoms with E-state index < -0.39 is 22.6 Å². The molecule has 3 nitrogen and oxygen atoms in total. The zero-order valence-corrected chi connectivity index (χ0v) is 11.7. The van der Waals surface area contributed by atoms with Gasteiger partial charge in [0.05, 0.1) is 29.2 Å². The van der Waals surface area contributed by atoms with E-state index in [1.807, 2.05) is 0 Å². The Morgan fingerprint density at radius 3 is 2.50 bits per heavy atom. The Hall–Kier alpha value is -2.01. The van der Waals surface area contributed by atoms with Crippen LogP contribution in [0.15, 0.2) is 53.4 Å². The minimum atomic E-state index is -1.32. The molecule has 0 aliphatic rings. The number of benzene rings is 2. The maximum atomic E-state index is 13.1. The van der Waals surface area contributed by atoms with E-state index in [-0.39, 0.29) is 5.75 Å². The zero-order chi connectivity index (χ0) is 14.5. The summed E-state index contributed by atoms with van der Waals surface area (Å²) in [4.78, 5) is 11.7. The standard InChI is InChI=1S/C15H13FO3S/c1-19-15(17)12-7-5-11(6-8-12)10-20(18)14-4-2-3-13(16)9-14/h2-9H,10H2,1H3. The number of rotatable bonds is 4. The molecule has 2 aromatic carbocycles. The molecule has 0 heterocycles. The number of esters is 1. The van der Waals surface area contributed by atoms with Gasteiger partial charge in [0.2, 0.25) is 0 Å². The molecular formula is C15H13FO3S. The van der Waals surface area contributed by atoms with E-state index in [0.29, 0.717) is 10.5 Å². The van der Waals surface area contributed by atoms with Gasteiger partial charge in [0.25, 0.3) is 0 Å². The third kappa shape index (κ3) is 3.51. The predicted molar refractivity (Wildman–Crippen MR) is 74.3 cm³/mol. The van der Waals surface area contributed by atoms with Crippen molar-refractivity contribution in [1.82, 2.24) is 0 Å². The van der Waals surface area contributed by atoms with Crippen LogP contribution >= 0.6 is 0 Å². The largest absolute Gasteiger partial charge is 0.465 e. The van der Waals surface area contributed by atoms with Gasteiger partial charge >= 0.3 is 5.97 Å². The second-order valence-electron chi connectivity index (χ2n) is 4.14. The second kappa shape index (κ2) is 6.43. The van der Waals surface area contributed by atoms with E-state index in [1.54, 1.807) is 30.3 Å². The van der Waals surface area contributed by atoms with Crippen LogP contribution in [0.25, 0.3) is 0 Å². The molecule has 5 heteroatoms. The maximum Gasteiger partial charge on any atom is 0.337 e. The van der Waals surface area contributed by atoms with E-state index in [0.717, 1.165) is 5.56 Å². The summed E-state index contributed by atoms with van der Waals surface area (Å²) in [6, 6.07) is 12.4. The van der Waals surface area contributed by atoms with Crippen LogP contribution in [0.2, 0.25) is 0 Å². The van der Waals surface area contributed by atoms with Crippen molar-refractivity contribution in [2.45, 2.75) is 10.6 Å².